The molecule has 2 aromatic rings. The molecule has 2 aromatic carbocycles. The summed E-state index contributed by atoms with van der Waals surface area (Å²) < 4.78 is 5.29. The van der Waals surface area contributed by atoms with Crippen molar-refractivity contribution in [1.29, 1.82) is 0 Å². The summed E-state index contributed by atoms with van der Waals surface area (Å²) in [5.41, 5.74) is 0.737. The van der Waals surface area contributed by atoms with Crippen LogP contribution in [0.15, 0.2) is 72.8 Å². The number of carbonyl (C=O) groups excluding carboxylic acids is 2. The Morgan fingerprint density at radius 1 is 1.04 bits per heavy atom. The van der Waals surface area contributed by atoms with Crippen molar-refractivity contribution >= 4 is 12.0 Å². The zero-order valence-corrected chi connectivity index (χ0v) is 12.8. The summed E-state index contributed by atoms with van der Waals surface area (Å²) in [5, 5.41) is 0. The van der Waals surface area contributed by atoms with Gasteiger partial charge in [0, 0.05) is 0 Å². The van der Waals surface area contributed by atoms with Crippen molar-refractivity contribution in [2.45, 2.75) is 12.5 Å². The predicted octanol–water partition coefficient (Wildman–Crippen LogP) is 3.49. The monoisotopic (exact) mass is 307 g/mol. The minimum absolute atomic E-state index is 0.100. The molecule has 0 unspecified atom stereocenters. The highest BCUT2D eigenvalue weighted by Gasteiger charge is 2.52. The number of imide groups is 1. The molecule has 116 valence electrons. The molecule has 1 aliphatic heterocycles. The number of nitrogens with zero attached hydrogens (tertiary/aromatic N) is 1. The van der Waals surface area contributed by atoms with Crippen molar-refractivity contribution in [3.63, 3.8) is 0 Å². The molecule has 1 saturated heterocycles. The summed E-state index contributed by atoms with van der Waals surface area (Å²) in [4.78, 5) is 26.1. The smallest absolute Gasteiger partial charge is 0.418 e. The van der Waals surface area contributed by atoms with E-state index in [2.05, 4.69) is 0 Å². The zero-order chi connectivity index (χ0) is 16.3. The summed E-state index contributed by atoms with van der Waals surface area (Å²) >= 11 is 0. The van der Waals surface area contributed by atoms with E-state index in [1.54, 1.807) is 13.0 Å². The third-order valence-electron chi connectivity index (χ3n) is 4.00. The zero-order valence-electron chi connectivity index (χ0n) is 12.8. The molecule has 0 aromatic heterocycles. The molecule has 2 amide bonds. The van der Waals surface area contributed by atoms with Crippen molar-refractivity contribution in [3.05, 3.63) is 83.9 Å². The molecule has 1 aliphatic rings. The number of hydrogen-bond acceptors (Lipinski definition) is 3. The van der Waals surface area contributed by atoms with Crippen LogP contribution in [-0.4, -0.2) is 23.5 Å². The highest BCUT2D eigenvalue weighted by Crippen LogP contribution is 2.41. The minimum Gasteiger partial charge on any atom is -0.446 e. The maximum absolute atomic E-state index is 12.6. The third-order valence-corrected chi connectivity index (χ3v) is 4.00. The number of amides is 2. The molecule has 1 heterocycles. The van der Waals surface area contributed by atoms with Crippen LogP contribution in [0.25, 0.3) is 0 Å². The Balaban J connectivity index is 2.24. The normalized spacial score (nSPS) is 16.6. The number of hydrogen-bond donors (Lipinski definition) is 0. The molecule has 4 nitrogen and oxygen atoms in total. The first-order valence-corrected chi connectivity index (χ1v) is 7.45. The second-order valence-electron chi connectivity index (χ2n) is 5.32. The summed E-state index contributed by atoms with van der Waals surface area (Å²) in [6, 6.07) is 19.0. The van der Waals surface area contributed by atoms with Crippen molar-refractivity contribution in [2.75, 3.05) is 6.61 Å². The van der Waals surface area contributed by atoms with Crippen LogP contribution in [0.2, 0.25) is 0 Å². The summed E-state index contributed by atoms with van der Waals surface area (Å²) in [6.07, 6.45) is 2.38. The van der Waals surface area contributed by atoms with Gasteiger partial charge in [-0.05, 0) is 24.1 Å². The van der Waals surface area contributed by atoms with Crippen molar-refractivity contribution in [3.8, 4) is 0 Å². The number of carbonyl (C=O) groups is 2. The number of ether oxygens (including phenoxy) is 1. The SMILES string of the molecule is C/C=C/C(=O)N1C(=O)OCC1(c1ccccc1)c1ccccc1. The van der Waals surface area contributed by atoms with Gasteiger partial charge in [0.1, 0.15) is 12.1 Å². The van der Waals surface area contributed by atoms with E-state index in [4.69, 9.17) is 4.74 Å². The van der Waals surface area contributed by atoms with E-state index < -0.39 is 11.6 Å². The van der Waals surface area contributed by atoms with Crippen LogP contribution in [0.4, 0.5) is 4.79 Å². The van der Waals surface area contributed by atoms with E-state index in [1.807, 2.05) is 60.7 Å². The Morgan fingerprint density at radius 3 is 2.04 bits per heavy atom. The van der Waals surface area contributed by atoms with Gasteiger partial charge in [-0.1, -0.05) is 66.7 Å². The number of rotatable bonds is 3. The maximum Gasteiger partial charge on any atom is 0.418 e. The van der Waals surface area contributed by atoms with Gasteiger partial charge in [-0.3, -0.25) is 4.79 Å². The Bertz CT molecular complexity index is 698. The third kappa shape index (κ3) is 2.42. The molecule has 0 spiro atoms. The number of cyclic esters (lactones) is 1. The molecular formula is C19H17NO3. The average molecular weight is 307 g/mol. The van der Waals surface area contributed by atoms with E-state index in [-0.39, 0.29) is 12.5 Å². The van der Waals surface area contributed by atoms with Crippen LogP contribution in [0.1, 0.15) is 18.1 Å². The van der Waals surface area contributed by atoms with Crippen LogP contribution < -0.4 is 0 Å². The van der Waals surface area contributed by atoms with Crippen molar-refractivity contribution in [2.24, 2.45) is 0 Å². The van der Waals surface area contributed by atoms with Crippen LogP contribution >= 0.6 is 0 Å². The average Bonchev–Trinajstić information content (AvgIpc) is 2.95. The van der Waals surface area contributed by atoms with E-state index in [0.717, 1.165) is 11.1 Å². The summed E-state index contributed by atoms with van der Waals surface area (Å²) in [6.45, 7) is 1.84. The van der Waals surface area contributed by atoms with E-state index in [0.29, 0.717) is 0 Å². The summed E-state index contributed by atoms with van der Waals surface area (Å²) in [5.74, 6) is -0.386. The van der Waals surface area contributed by atoms with Gasteiger partial charge < -0.3 is 4.74 Å². The van der Waals surface area contributed by atoms with Gasteiger partial charge in [0.2, 0.25) is 0 Å². The molecule has 0 aliphatic carbocycles. The van der Waals surface area contributed by atoms with Gasteiger partial charge >= 0.3 is 6.09 Å². The maximum atomic E-state index is 12.6. The van der Waals surface area contributed by atoms with Crippen LogP contribution in [0, 0.1) is 0 Å². The molecule has 23 heavy (non-hydrogen) atoms. The predicted molar refractivity (Wildman–Crippen MR) is 86.7 cm³/mol. The van der Waals surface area contributed by atoms with E-state index >= 15 is 0 Å². The van der Waals surface area contributed by atoms with Gasteiger partial charge in [-0.15, -0.1) is 0 Å². The molecule has 0 saturated carbocycles. The summed E-state index contributed by atoms with van der Waals surface area (Å²) in [7, 11) is 0. The molecule has 0 atom stereocenters. The first-order chi connectivity index (χ1) is 11.2. The van der Waals surface area contributed by atoms with Crippen molar-refractivity contribution < 1.29 is 14.3 Å². The van der Waals surface area contributed by atoms with Crippen LogP contribution in [0.3, 0.4) is 0 Å². The Kier molecular flexibility index (Phi) is 3.98. The van der Waals surface area contributed by atoms with Gasteiger partial charge in [0.05, 0.1) is 0 Å². The van der Waals surface area contributed by atoms with Crippen LogP contribution in [0.5, 0.6) is 0 Å². The molecule has 1 fully saturated rings. The highest BCUT2D eigenvalue weighted by atomic mass is 16.6. The lowest BCUT2D eigenvalue weighted by atomic mass is 9.82. The fourth-order valence-electron chi connectivity index (χ4n) is 2.97. The van der Waals surface area contributed by atoms with E-state index in [1.165, 1.54) is 11.0 Å². The van der Waals surface area contributed by atoms with Crippen molar-refractivity contribution in [1.82, 2.24) is 4.90 Å². The van der Waals surface area contributed by atoms with Gasteiger partial charge in [-0.25, -0.2) is 9.69 Å². The topological polar surface area (TPSA) is 46.6 Å². The molecule has 0 bridgehead atoms. The quantitative estimate of drug-likeness (QED) is 0.816. The Labute approximate surface area is 135 Å². The van der Waals surface area contributed by atoms with Gasteiger partial charge in [0.15, 0.2) is 0 Å². The van der Waals surface area contributed by atoms with Gasteiger partial charge in [0.25, 0.3) is 5.91 Å². The second-order valence-corrected chi connectivity index (χ2v) is 5.32. The number of allylic oxidation sites excluding steroid dienone is 1. The highest BCUT2D eigenvalue weighted by molar-refractivity contribution is 6.01. The standard InChI is InChI=1S/C19H17NO3/c1-2-9-17(21)20-18(22)23-14-19(20,15-10-5-3-6-11-15)16-12-7-4-8-13-16/h2-13H,14H2,1H3/b9-2+. The fourth-order valence-corrected chi connectivity index (χ4v) is 2.97. The Hall–Kier alpha value is -2.88. The van der Waals surface area contributed by atoms with Crippen LogP contribution in [-0.2, 0) is 15.1 Å². The lowest BCUT2D eigenvalue weighted by Gasteiger charge is -2.34. The lowest BCUT2D eigenvalue weighted by Crippen LogP contribution is -2.48. The molecule has 0 N–H and O–H groups in total. The first-order valence-electron chi connectivity index (χ1n) is 7.45. The molecule has 4 heteroatoms. The molecular weight excluding hydrogens is 290 g/mol. The van der Waals surface area contributed by atoms with Gasteiger partial charge in [-0.2, -0.15) is 0 Å². The largest absolute Gasteiger partial charge is 0.446 e. The first kappa shape index (κ1) is 15.0. The molecule has 3 rings (SSSR count). The minimum atomic E-state index is -0.948. The lowest BCUT2D eigenvalue weighted by molar-refractivity contribution is -0.125. The molecule has 0 radical (unpaired) electrons. The fraction of sp³-hybridized carbons (Fsp3) is 0.158. The Morgan fingerprint density at radius 2 is 1.57 bits per heavy atom. The van der Waals surface area contributed by atoms with E-state index in [9.17, 15) is 9.59 Å². The second kappa shape index (κ2) is 6.08. The number of benzene rings is 2.